The summed E-state index contributed by atoms with van der Waals surface area (Å²) in [7, 11) is 3.03. The minimum absolute atomic E-state index is 0.0178. The zero-order valence-corrected chi connectivity index (χ0v) is 66.0. The average Bonchev–Trinajstić information content (AvgIpc) is 1.67. The monoisotopic (exact) mass is 1580 g/mol. The number of thioether (sulfide) groups is 1. The Morgan fingerprint density at radius 2 is 0.900 bits per heavy atom. The Labute approximate surface area is 651 Å². The van der Waals surface area contributed by atoms with Crippen LogP contribution in [0.4, 0.5) is 21.0 Å². The van der Waals surface area contributed by atoms with Gasteiger partial charge in [-0.25, -0.2) is 9.59 Å². The van der Waals surface area contributed by atoms with Gasteiger partial charge in [0.05, 0.1) is 17.1 Å². The molecule has 1 saturated heterocycles. The highest BCUT2D eigenvalue weighted by atomic mass is 32.2. The number of unbranched alkanes of at least 4 members (excludes halogenated alkanes) is 4. The molecule has 0 aromatic heterocycles. The van der Waals surface area contributed by atoms with Gasteiger partial charge >= 0.3 is 24.0 Å². The Morgan fingerprint density at radius 3 is 1.26 bits per heavy atom. The Balaban J connectivity index is 0.000000666. The Morgan fingerprint density at radius 1 is 0.509 bits per heavy atom. The topological polar surface area (TPSA) is 505 Å². The molecule has 0 radical (unpaired) electrons. The lowest BCUT2D eigenvalue weighted by Crippen LogP contribution is -2.54. The molecule has 2 heterocycles. The van der Waals surface area contributed by atoms with E-state index in [0.717, 1.165) is 10.5 Å². The second kappa shape index (κ2) is 52.0. The normalized spacial score (nSPS) is 14.5. The molecule has 2 aliphatic heterocycles. The van der Waals surface area contributed by atoms with Crippen LogP contribution in [0, 0.1) is 23.7 Å². The van der Waals surface area contributed by atoms with E-state index in [1.165, 1.54) is 63.6 Å². The number of nitrogens with zero attached hydrogens (tertiary/aromatic N) is 2. The van der Waals surface area contributed by atoms with E-state index in [1.54, 1.807) is 83.3 Å². The van der Waals surface area contributed by atoms with Crippen molar-refractivity contribution in [3.8, 4) is 0 Å². The van der Waals surface area contributed by atoms with Gasteiger partial charge in [-0.05, 0) is 112 Å². The number of carbonyl (C=O) groups excluding carboxylic acids is 18. The van der Waals surface area contributed by atoms with E-state index in [9.17, 15) is 86.3 Å². The number of nitrogens with two attached hydrogens (primary N) is 2. The lowest BCUT2D eigenvalue weighted by molar-refractivity contribution is -0.143. The molecule has 2 aromatic carbocycles. The maximum atomic E-state index is 13.4. The predicted molar refractivity (Wildman–Crippen MR) is 412 cm³/mol. The van der Waals surface area contributed by atoms with Crippen LogP contribution in [0.15, 0.2) is 60.7 Å². The fourth-order valence-corrected chi connectivity index (χ4v) is 12.3. The second-order valence-electron chi connectivity index (χ2n) is 26.8. The van der Waals surface area contributed by atoms with Gasteiger partial charge in [0, 0.05) is 121 Å². The van der Waals surface area contributed by atoms with E-state index in [2.05, 4.69) is 65.8 Å². The van der Waals surface area contributed by atoms with E-state index < -0.39 is 83.0 Å². The quantitative estimate of drug-likeness (QED) is 0.0196. The summed E-state index contributed by atoms with van der Waals surface area (Å²) in [6.07, 6.45) is 7.12. The fraction of sp³-hybridized carbons (Fsp3) is 0.568. The van der Waals surface area contributed by atoms with Crippen molar-refractivity contribution in [2.45, 2.75) is 194 Å². The van der Waals surface area contributed by atoms with Gasteiger partial charge in [0.25, 0.3) is 11.8 Å². The Bertz CT molecular complexity index is 3510. The zero-order chi connectivity index (χ0) is 82.6. The first-order chi connectivity index (χ1) is 52.0. The molecular formula is C74H110N14O20S2. The third kappa shape index (κ3) is 38.7. The summed E-state index contributed by atoms with van der Waals surface area (Å²) in [5.41, 5.74) is 12.6. The van der Waals surface area contributed by atoms with Gasteiger partial charge in [0.2, 0.25) is 59.1 Å². The van der Waals surface area contributed by atoms with Crippen LogP contribution < -0.4 is 64.6 Å². The van der Waals surface area contributed by atoms with Crippen LogP contribution in [0.2, 0.25) is 0 Å². The fourth-order valence-electron chi connectivity index (χ4n) is 10.8. The molecule has 1 fully saturated rings. The minimum atomic E-state index is -1.02. The number of nitrogens with one attached hydrogen (secondary N) is 10. The first-order valence-corrected chi connectivity index (χ1v) is 38.0. The standard InChI is InChI=1S/C37H55N7O10S.C30H42N6O8.C7H13NO2S/c1-22(2)32(35(51)42-28(10-9-16-40-37(38)53)34(50)41-27-14-12-25(13-15-27)20-54-24(4)46)43-30(47)11-7-6-8-17-44-31(48)19-29(36(44)52)55-21-26(18-23(3)45)33(49)39-5;1-19(2)27(35-24(38)9-5-4-6-17-36-25(39)14-15-26(36)40)29(42)34-23(8-7-16-32-30(31)43)28(41)33-22-12-10-21(11-13-22)18-44-20(3)37;1-5(9)3-6(4-11)7(10)8-2/h12-15,22,26,28-29,32H,6-11,16-21H2,1-5H3,(H,39,49)(H,41,50)(H,42,51)(H,43,47)(H3,38,40,53);10-15,19,23,27H,4-9,16-18H2,1-3H3,(H,33,41)(H,34,42)(H,35,38)(H3,31,32,43);6,11H,3-4H2,1-2H3,(H,8,10)/t26-,28-,29?,32-;23-,27-;/m00./s1. The number of hydrogen-bond acceptors (Lipinski definition) is 22. The molecule has 608 valence electrons. The lowest BCUT2D eigenvalue weighted by Gasteiger charge is -2.25. The second-order valence-corrected chi connectivity index (χ2v) is 28.4. The summed E-state index contributed by atoms with van der Waals surface area (Å²) in [6.45, 7) is 13.5. The van der Waals surface area contributed by atoms with Crippen molar-refractivity contribution >= 4 is 142 Å². The largest absolute Gasteiger partial charge is 0.461 e. The van der Waals surface area contributed by atoms with Crippen molar-refractivity contribution in [1.82, 2.24) is 52.3 Å². The summed E-state index contributed by atoms with van der Waals surface area (Å²) in [6, 6.07) is 7.97. The van der Waals surface area contributed by atoms with E-state index in [4.69, 9.17) is 20.9 Å². The van der Waals surface area contributed by atoms with E-state index in [0.29, 0.717) is 74.1 Å². The first-order valence-electron chi connectivity index (χ1n) is 36.3. The number of anilines is 2. The Hall–Kier alpha value is -10.3. The maximum absolute atomic E-state index is 13.4. The third-order valence-corrected chi connectivity index (χ3v) is 18.6. The molecule has 2 unspecified atom stereocenters. The van der Waals surface area contributed by atoms with Gasteiger partial charge in [-0.2, -0.15) is 12.6 Å². The van der Waals surface area contributed by atoms with Gasteiger partial charge in [-0.1, -0.05) is 64.8 Å². The van der Waals surface area contributed by atoms with Crippen LogP contribution in [-0.4, -0.2) is 197 Å². The summed E-state index contributed by atoms with van der Waals surface area (Å²) in [5.74, 6) is -6.36. The van der Waals surface area contributed by atoms with Gasteiger partial charge in [-0.15, -0.1) is 11.8 Å². The molecule has 34 nitrogen and oxygen atoms in total. The predicted octanol–water partition coefficient (Wildman–Crippen LogP) is 3.03. The highest BCUT2D eigenvalue weighted by Gasteiger charge is 2.40. The number of hydrogen-bond donors (Lipinski definition) is 13. The van der Waals surface area contributed by atoms with E-state index in [1.807, 2.05) is 0 Å². The maximum Gasteiger partial charge on any atom is 0.312 e. The minimum Gasteiger partial charge on any atom is -0.461 e. The van der Waals surface area contributed by atoms with Crippen LogP contribution in [-0.2, 0) is 99.4 Å². The molecule has 0 spiro atoms. The highest BCUT2D eigenvalue weighted by molar-refractivity contribution is 8.00. The van der Waals surface area contributed by atoms with E-state index >= 15 is 0 Å². The molecule has 14 N–H and O–H groups in total. The average molecular weight is 1580 g/mol. The number of amides is 16. The number of esters is 2. The van der Waals surface area contributed by atoms with Crippen molar-refractivity contribution in [1.29, 1.82) is 0 Å². The number of urea groups is 2. The Kier molecular flexibility index (Phi) is 45.3. The van der Waals surface area contributed by atoms with Gasteiger partial charge < -0.3 is 83.7 Å². The number of likely N-dealkylation sites (tertiary alicyclic amines) is 1. The first kappa shape index (κ1) is 95.8. The lowest BCUT2D eigenvalue weighted by atomic mass is 10.0. The molecule has 0 saturated carbocycles. The summed E-state index contributed by atoms with van der Waals surface area (Å²) in [5, 5.41) is 25.8. The number of carbonyl (C=O) groups is 18. The van der Waals surface area contributed by atoms with Crippen LogP contribution in [0.1, 0.15) is 163 Å². The van der Waals surface area contributed by atoms with E-state index in [-0.39, 0.29) is 167 Å². The molecule has 110 heavy (non-hydrogen) atoms. The molecule has 4 rings (SSSR count). The highest BCUT2D eigenvalue weighted by Crippen LogP contribution is 2.29. The van der Waals surface area contributed by atoms with Crippen LogP contribution in [0.3, 0.4) is 0 Å². The molecule has 2 aromatic rings. The SMILES string of the molecule is CC(=O)OCc1ccc(NC(=O)[C@H](CCCNC(N)=O)NC(=O)[C@@H](NC(=O)CCCCCN2C(=O)C=CC2=O)C(C)C)cc1.CNC(=O)C(CS)CC(C)=O.CNC(=O)[C@H](CSC1CC(=O)N(CCCCCC(=O)N[C@H](C(=O)N[C@@H](CCCNC(N)=O)C(=O)Nc2ccc(COC(C)=O)cc2)C(C)C)C1=O)CC(C)=O. The number of rotatable bonds is 46. The molecule has 2 aliphatic rings. The summed E-state index contributed by atoms with van der Waals surface area (Å²) < 4.78 is 9.94. The zero-order valence-electron chi connectivity index (χ0n) is 64.3. The third-order valence-electron chi connectivity index (χ3n) is 16.8. The summed E-state index contributed by atoms with van der Waals surface area (Å²) >= 11 is 5.17. The number of imide groups is 2. The number of benzene rings is 2. The number of primary amides is 2. The van der Waals surface area contributed by atoms with Crippen molar-refractivity contribution in [3.05, 3.63) is 71.8 Å². The molecule has 0 aliphatic carbocycles. The van der Waals surface area contributed by atoms with Crippen molar-refractivity contribution in [2.24, 2.45) is 35.1 Å². The van der Waals surface area contributed by atoms with Crippen molar-refractivity contribution in [2.75, 3.05) is 62.4 Å². The number of ketones is 2. The van der Waals surface area contributed by atoms with Crippen molar-refractivity contribution < 1.29 is 95.8 Å². The van der Waals surface area contributed by atoms with Gasteiger partial charge in [0.15, 0.2) is 0 Å². The van der Waals surface area contributed by atoms with Gasteiger partial charge in [0.1, 0.15) is 48.9 Å². The molecule has 16 amide bonds. The molecular weight excluding hydrogens is 1470 g/mol. The molecule has 7 atom stereocenters. The van der Waals surface area contributed by atoms with Crippen LogP contribution >= 0.6 is 24.4 Å². The van der Waals surface area contributed by atoms with Crippen LogP contribution in [0.5, 0.6) is 0 Å². The smallest absolute Gasteiger partial charge is 0.312 e. The summed E-state index contributed by atoms with van der Waals surface area (Å²) in [4.78, 5) is 219. The van der Waals surface area contributed by atoms with Crippen LogP contribution in [0.25, 0.3) is 0 Å². The van der Waals surface area contributed by atoms with Crippen molar-refractivity contribution in [3.63, 3.8) is 0 Å². The molecule has 0 bridgehead atoms. The number of thiol groups is 1. The number of Topliss-reactive ketones (excluding diaryl/α,β-unsaturated/α-hetero) is 2. The number of ether oxygens (including phenoxy) is 2. The van der Waals surface area contributed by atoms with Gasteiger partial charge in [-0.3, -0.25) is 76.9 Å². The molecule has 36 heteroatoms.